The first kappa shape index (κ1) is 12.8. The lowest BCUT2D eigenvalue weighted by Gasteiger charge is -2.19. The van der Waals surface area contributed by atoms with Crippen molar-refractivity contribution in [3.8, 4) is 0 Å². The number of rotatable bonds is 1. The first-order chi connectivity index (χ1) is 9.04. The number of anilines is 1. The van der Waals surface area contributed by atoms with Gasteiger partial charge in [0.1, 0.15) is 0 Å². The van der Waals surface area contributed by atoms with E-state index in [1.807, 2.05) is 18.2 Å². The zero-order valence-corrected chi connectivity index (χ0v) is 12.5. The SMILES string of the molecule is Cc1cc2c(cc1C)CN(c1cc(Cl)ccc1Cl)C2. The first-order valence-electron chi connectivity index (χ1n) is 6.33. The van der Waals surface area contributed by atoms with Crippen LogP contribution in [-0.4, -0.2) is 0 Å². The molecule has 1 aliphatic heterocycles. The predicted octanol–water partition coefficient (Wildman–Crippen LogP) is 5.13. The molecule has 0 aliphatic carbocycles. The van der Waals surface area contributed by atoms with E-state index in [1.165, 1.54) is 22.3 Å². The molecule has 2 aromatic rings. The van der Waals surface area contributed by atoms with E-state index >= 15 is 0 Å². The molecule has 0 unspecified atom stereocenters. The number of aryl methyl sites for hydroxylation is 2. The van der Waals surface area contributed by atoms with Gasteiger partial charge in [-0.1, -0.05) is 35.3 Å². The van der Waals surface area contributed by atoms with Crippen LogP contribution in [0.25, 0.3) is 0 Å². The average Bonchev–Trinajstić information content (AvgIpc) is 2.75. The van der Waals surface area contributed by atoms with E-state index < -0.39 is 0 Å². The summed E-state index contributed by atoms with van der Waals surface area (Å²) in [6.07, 6.45) is 0. The van der Waals surface area contributed by atoms with Crippen LogP contribution in [0.15, 0.2) is 30.3 Å². The molecule has 1 heterocycles. The van der Waals surface area contributed by atoms with E-state index in [9.17, 15) is 0 Å². The van der Waals surface area contributed by atoms with Crippen LogP contribution in [0.5, 0.6) is 0 Å². The fourth-order valence-electron chi connectivity index (χ4n) is 2.60. The fraction of sp³-hybridized carbons (Fsp3) is 0.250. The summed E-state index contributed by atoms with van der Waals surface area (Å²) in [7, 11) is 0. The van der Waals surface area contributed by atoms with Crippen LogP contribution in [0.1, 0.15) is 22.3 Å². The summed E-state index contributed by atoms with van der Waals surface area (Å²) in [6.45, 7) is 6.11. The summed E-state index contributed by atoms with van der Waals surface area (Å²) in [5, 5.41) is 1.48. The molecule has 1 aliphatic rings. The second kappa shape index (κ2) is 4.73. The third kappa shape index (κ3) is 2.33. The van der Waals surface area contributed by atoms with Crippen molar-refractivity contribution in [1.29, 1.82) is 0 Å². The Morgan fingerprint density at radius 3 is 2.05 bits per heavy atom. The molecule has 0 aromatic heterocycles. The molecule has 0 saturated heterocycles. The molecule has 1 nitrogen and oxygen atoms in total. The van der Waals surface area contributed by atoms with Crippen LogP contribution in [0, 0.1) is 13.8 Å². The number of benzene rings is 2. The maximum atomic E-state index is 6.28. The molecule has 0 fully saturated rings. The van der Waals surface area contributed by atoms with Crippen LogP contribution >= 0.6 is 23.2 Å². The van der Waals surface area contributed by atoms with Crippen molar-refractivity contribution in [3.05, 3.63) is 62.6 Å². The lowest BCUT2D eigenvalue weighted by atomic mass is 10.0. The Balaban J connectivity index is 1.97. The maximum Gasteiger partial charge on any atom is 0.0640 e. The molecule has 0 saturated carbocycles. The van der Waals surface area contributed by atoms with Crippen molar-refractivity contribution in [2.75, 3.05) is 4.90 Å². The van der Waals surface area contributed by atoms with Gasteiger partial charge in [0.25, 0.3) is 0 Å². The average molecular weight is 292 g/mol. The second-order valence-corrected chi connectivity index (χ2v) is 6.00. The van der Waals surface area contributed by atoms with Crippen LogP contribution < -0.4 is 4.90 Å². The summed E-state index contributed by atoms with van der Waals surface area (Å²) < 4.78 is 0. The third-order valence-corrected chi connectivity index (χ3v) is 4.34. The van der Waals surface area contributed by atoms with Gasteiger partial charge in [-0.05, 0) is 54.3 Å². The molecular weight excluding hydrogens is 277 g/mol. The highest BCUT2D eigenvalue weighted by Gasteiger charge is 2.21. The van der Waals surface area contributed by atoms with Crippen LogP contribution in [0.3, 0.4) is 0 Å². The number of fused-ring (bicyclic) bond motifs is 1. The van der Waals surface area contributed by atoms with E-state index in [1.54, 1.807) is 0 Å². The zero-order valence-electron chi connectivity index (χ0n) is 11.0. The van der Waals surface area contributed by atoms with E-state index in [0.29, 0.717) is 0 Å². The second-order valence-electron chi connectivity index (χ2n) is 5.16. The Hall–Kier alpha value is -1.18. The van der Waals surface area contributed by atoms with Crippen molar-refractivity contribution in [2.24, 2.45) is 0 Å². The smallest absolute Gasteiger partial charge is 0.0640 e. The van der Waals surface area contributed by atoms with Gasteiger partial charge in [-0.15, -0.1) is 0 Å². The van der Waals surface area contributed by atoms with Gasteiger partial charge < -0.3 is 4.90 Å². The first-order valence-corrected chi connectivity index (χ1v) is 7.09. The lowest BCUT2D eigenvalue weighted by molar-refractivity contribution is 0.880. The molecule has 3 heteroatoms. The van der Waals surface area contributed by atoms with Gasteiger partial charge in [0.15, 0.2) is 0 Å². The van der Waals surface area contributed by atoms with Gasteiger partial charge >= 0.3 is 0 Å². The Labute approximate surface area is 123 Å². The molecule has 98 valence electrons. The number of hydrogen-bond acceptors (Lipinski definition) is 1. The molecule has 0 atom stereocenters. The molecule has 3 rings (SSSR count). The van der Waals surface area contributed by atoms with Crippen molar-refractivity contribution in [3.63, 3.8) is 0 Å². The number of halogens is 2. The Kier molecular flexibility index (Phi) is 3.20. The number of hydrogen-bond donors (Lipinski definition) is 0. The van der Waals surface area contributed by atoms with Crippen molar-refractivity contribution in [1.82, 2.24) is 0 Å². The van der Waals surface area contributed by atoms with Crippen LogP contribution in [0.2, 0.25) is 10.0 Å². The lowest BCUT2D eigenvalue weighted by Crippen LogP contribution is -2.14. The summed E-state index contributed by atoms with van der Waals surface area (Å²) in [5.74, 6) is 0. The highest BCUT2D eigenvalue weighted by atomic mass is 35.5. The monoisotopic (exact) mass is 291 g/mol. The molecule has 0 N–H and O–H groups in total. The summed E-state index contributed by atoms with van der Waals surface area (Å²) >= 11 is 12.4. The summed E-state index contributed by atoms with van der Waals surface area (Å²) in [6, 6.07) is 10.2. The minimum absolute atomic E-state index is 0.725. The fourth-order valence-corrected chi connectivity index (χ4v) is 3.00. The normalized spacial score (nSPS) is 13.8. The molecule has 0 bridgehead atoms. The van der Waals surface area contributed by atoms with Gasteiger partial charge in [-0.25, -0.2) is 0 Å². The topological polar surface area (TPSA) is 3.24 Å². The Bertz CT molecular complexity index is 618. The highest BCUT2D eigenvalue weighted by Crippen LogP contribution is 2.35. The van der Waals surface area contributed by atoms with Gasteiger partial charge in [-0.3, -0.25) is 0 Å². The minimum Gasteiger partial charge on any atom is -0.362 e. The molecule has 0 amide bonds. The van der Waals surface area contributed by atoms with Gasteiger partial charge in [0.2, 0.25) is 0 Å². The standard InChI is InChI=1S/C16H15Cl2N/c1-10-5-12-8-19(9-13(12)6-11(10)2)16-7-14(17)3-4-15(16)18/h3-7H,8-9H2,1-2H3. The summed E-state index contributed by atoms with van der Waals surface area (Å²) in [5.41, 5.74) is 6.48. The van der Waals surface area contributed by atoms with E-state index in [0.717, 1.165) is 28.8 Å². The van der Waals surface area contributed by atoms with Crippen molar-refractivity contribution >= 4 is 28.9 Å². The molecule has 2 aromatic carbocycles. The van der Waals surface area contributed by atoms with Crippen LogP contribution in [0.4, 0.5) is 5.69 Å². The molecule has 0 spiro atoms. The molecule has 0 radical (unpaired) electrons. The number of nitrogens with zero attached hydrogens (tertiary/aromatic N) is 1. The maximum absolute atomic E-state index is 6.28. The molecular formula is C16H15Cl2N. The van der Waals surface area contributed by atoms with Crippen molar-refractivity contribution in [2.45, 2.75) is 26.9 Å². The highest BCUT2D eigenvalue weighted by molar-refractivity contribution is 6.35. The predicted molar refractivity (Wildman–Crippen MR) is 82.3 cm³/mol. The Morgan fingerprint density at radius 2 is 1.47 bits per heavy atom. The van der Waals surface area contributed by atoms with E-state index in [-0.39, 0.29) is 0 Å². The molecule has 19 heavy (non-hydrogen) atoms. The third-order valence-electron chi connectivity index (χ3n) is 3.79. The van der Waals surface area contributed by atoms with Crippen LogP contribution in [-0.2, 0) is 13.1 Å². The largest absolute Gasteiger partial charge is 0.362 e. The minimum atomic E-state index is 0.725. The van der Waals surface area contributed by atoms with Gasteiger partial charge in [-0.2, -0.15) is 0 Å². The Morgan fingerprint density at radius 1 is 0.895 bits per heavy atom. The zero-order chi connectivity index (χ0) is 13.6. The van der Waals surface area contributed by atoms with Gasteiger partial charge in [0.05, 0.1) is 10.7 Å². The van der Waals surface area contributed by atoms with E-state index in [4.69, 9.17) is 23.2 Å². The quantitative estimate of drug-likeness (QED) is 0.704. The van der Waals surface area contributed by atoms with E-state index in [2.05, 4.69) is 30.9 Å². The van der Waals surface area contributed by atoms with Gasteiger partial charge in [0, 0.05) is 18.1 Å². The summed E-state index contributed by atoms with van der Waals surface area (Å²) in [4.78, 5) is 2.28. The van der Waals surface area contributed by atoms with Crippen molar-refractivity contribution < 1.29 is 0 Å².